The molecule has 9 aromatic rings. The molecule has 5 aromatic carbocycles. The van der Waals surface area contributed by atoms with Crippen LogP contribution in [0.1, 0.15) is 5.56 Å². The first-order valence-corrected chi connectivity index (χ1v) is 15.4. The number of furan rings is 1. The number of fused-ring (bicyclic) bond motifs is 14. The zero-order valence-corrected chi connectivity index (χ0v) is 23.6. The Hall–Kier alpha value is -5.39. The van der Waals surface area contributed by atoms with E-state index in [2.05, 4.69) is 113 Å². The molecule has 43 heavy (non-hydrogen) atoms. The molecule has 200 valence electrons. The first kappa shape index (κ1) is 22.2. The van der Waals surface area contributed by atoms with Gasteiger partial charge in [-0.3, -0.25) is 4.40 Å². The average molecular weight is 568 g/mol. The van der Waals surface area contributed by atoms with Crippen LogP contribution in [0.15, 0.2) is 125 Å². The number of rotatable bonds is 1. The molecule has 4 nitrogen and oxygen atoms in total. The van der Waals surface area contributed by atoms with E-state index in [-0.39, 0.29) is 6.04 Å². The second-order valence-electron chi connectivity index (χ2n) is 11.6. The van der Waals surface area contributed by atoms with Crippen molar-refractivity contribution in [3.8, 4) is 0 Å². The first-order chi connectivity index (χ1) is 21.3. The molecule has 0 radical (unpaired) electrons. The zero-order chi connectivity index (χ0) is 27.8. The van der Waals surface area contributed by atoms with Gasteiger partial charge in [0, 0.05) is 47.1 Å². The smallest absolute Gasteiger partial charge is 0.138 e. The van der Waals surface area contributed by atoms with E-state index in [0.29, 0.717) is 0 Å². The van der Waals surface area contributed by atoms with E-state index in [4.69, 9.17) is 9.41 Å². The number of aromatic nitrogens is 1. The summed E-state index contributed by atoms with van der Waals surface area (Å²) in [4.78, 5) is 5.33. The van der Waals surface area contributed by atoms with Crippen molar-refractivity contribution in [1.82, 2.24) is 4.40 Å². The summed E-state index contributed by atoms with van der Waals surface area (Å²) in [6.07, 6.45) is 6.68. The SMILES string of the molecule is C1=CC2=Nc3c(n4c5ccccc5c5c6c(cc3c54)sc3ccccc36)NC2C=C1c1ccc2oc3ccccc3c2c1. The van der Waals surface area contributed by atoms with Gasteiger partial charge in [-0.2, -0.15) is 0 Å². The van der Waals surface area contributed by atoms with Crippen molar-refractivity contribution >= 4 is 103 Å². The number of benzene rings is 5. The van der Waals surface area contributed by atoms with Crippen molar-refractivity contribution in [3.63, 3.8) is 0 Å². The van der Waals surface area contributed by atoms with Crippen molar-refractivity contribution in [2.45, 2.75) is 6.04 Å². The molecule has 4 aromatic heterocycles. The van der Waals surface area contributed by atoms with Gasteiger partial charge in [0.05, 0.1) is 22.8 Å². The Morgan fingerprint density at radius 2 is 1.51 bits per heavy atom. The number of allylic oxidation sites excluding steroid dienone is 2. The van der Waals surface area contributed by atoms with Gasteiger partial charge in [0.1, 0.15) is 22.7 Å². The molecule has 0 saturated carbocycles. The van der Waals surface area contributed by atoms with E-state index < -0.39 is 0 Å². The van der Waals surface area contributed by atoms with Crippen molar-refractivity contribution < 1.29 is 4.42 Å². The van der Waals surface area contributed by atoms with Crippen LogP contribution in [-0.4, -0.2) is 16.2 Å². The molecule has 1 aliphatic carbocycles. The second kappa shape index (κ2) is 7.71. The average Bonchev–Trinajstić information content (AvgIpc) is 3.79. The maximum atomic E-state index is 6.08. The Balaban J connectivity index is 1.13. The van der Waals surface area contributed by atoms with E-state index in [1.807, 2.05) is 23.5 Å². The monoisotopic (exact) mass is 567 g/mol. The molecular weight excluding hydrogens is 547 g/mol. The number of nitrogens with zero attached hydrogens (tertiary/aromatic N) is 2. The lowest BCUT2D eigenvalue weighted by molar-refractivity contribution is 0.669. The fourth-order valence-electron chi connectivity index (χ4n) is 7.46. The molecule has 1 aliphatic heterocycles. The van der Waals surface area contributed by atoms with Gasteiger partial charge in [-0.1, -0.05) is 66.7 Å². The van der Waals surface area contributed by atoms with E-state index in [1.54, 1.807) is 0 Å². The minimum absolute atomic E-state index is 0.0250. The molecule has 2 aliphatic rings. The minimum atomic E-state index is -0.0250. The Morgan fingerprint density at radius 1 is 0.698 bits per heavy atom. The molecule has 0 fully saturated rings. The Morgan fingerprint density at radius 3 is 2.47 bits per heavy atom. The summed E-state index contributed by atoms with van der Waals surface area (Å²) in [5.74, 6) is 1.07. The van der Waals surface area contributed by atoms with Gasteiger partial charge in [0.15, 0.2) is 0 Å². The Bertz CT molecular complexity index is 2770. The highest BCUT2D eigenvalue weighted by Crippen LogP contribution is 2.51. The summed E-state index contributed by atoms with van der Waals surface area (Å²) >= 11 is 1.87. The molecular formula is C38H21N3OS. The lowest BCUT2D eigenvalue weighted by atomic mass is 9.93. The van der Waals surface area contributed by atoms with Gasteiger partial charge in [-0.25, -0.2) is 4.99 Å². The van der Waals surface area contributed by atoms with Crippen LogP contribution in [0.2, 0.25) is 0 Å². The predicted octanol–water partition coefficient (Wildman–Crippen LogP) is 10.5. The maximum Gasteiger partial charge on any atom is 0.138 e. The van der Waals surface area contributed by atoms with Crippen LogP contribution in [0.25, 0.3) is 74.9 Å². The highest BCUT2D eigenvalue weighted by molar-refractivity contribution is 7.26. The van der Waals surface area contributed by atoms with Crippen LogP contribution in [0, 0.1) is 0 Å². The van der Waals surface area contributed by atoms with Crippen LogP contribution in [0.3, 0.4) is 0 Å². The van der Waals surface area contributed by atoms with E-state index >= 15 is 0 Å². The highest BCUT2D eigenvalue weighted by atomic mass is 32.1. The van der Waals surface area contributed by atoms with Crippen molar-refractivity contribution in [1.29, 1.82) is 0 Å². The van der Waals surface area contributed by atoms with Crippen LogP contribution in [0.4, 0.5) is 11.5 Å². The van der Waals surface area contributed by atoms with Crippen LogP contribution in [-0.2, 0) is 0 Å². The van der Waals surface area contributed by atoms with Gasteiger partial charge in [0.2, 0.25) is 0 Å². The van der Waals surface area contributed by atoms with Crippen LogP contribution in [0.5, 0.6) is 0 Å². The van der Waals surface area contributed by atoms with E-state index in [9.17, 15) is 0 Å². The lowest BCUT2D eigenvalue weighted by Crippen LogP contribution is -2.31. The quantitative estimate of drug-likeness (QED) is 0.214. The number of hydrogen-bond donors (Lipinski definition) is 1. The molecule has 0 amide bonds. The summed E-state index contributed by atoms with van der Waals surface area (Å²) in [6.45, 7) is 0. The number of thiophene rings is 1. The Labute approximate surface area is 248 Å². The predicted molar refractivity (Wildman–Crippen MR) is 182 cm³/mol. The highest BCUT2D eigenvalue weighted by Gasteiger charge is 2.30. The molecule has 0 spiro atoms. The van der Waals surface area contributed by atoms with E-state index in [1.165, 1.54) is 58.5 Å². The molecule has 11 rings (SSSR count). The number of hydrogen-bond acceptors (Lipinski definition) is 4. The fourth-order valence-corrected chi connectivity index (χ4v) is 8.61. The fraction of sp³-hybridized carbons (Fsp3) is 0.0263. The maximum absolute atomic E-state index is 6.08. The van der Waals surface area contributed by atoms with Gasteiger partial charge in [0.25, 0.3) is 0 Å². The molecule has 1 atom stereocenters. The van der Waals surface area contributed by atoms with Crippen molar-refractivity contribution in [3.05, 3.63) is 121 Å². The third-order valence-electron chi connectivity index (χ3n) is 9.32. The summed E-state index contributed by atoms with van der Waals surface area (Å²) in [5.41, 5.74) is 8.72. The van der Waals surface area contributed by atoms with Gasteiger partial charge in [-0.05, 0) is 59.7 Å². The number of aliphatic imine (C=N–C) groups is 1. The molecule has 5 heterocycles. The van der Waals surface area contributed by atoms with Crippen LogP contribution >= 0.6 is 11.3 Å². The normalized spacial score (nSPS) is 16.5. The van der Waals surface area contributed by atoms with Gasteiger partial charge < -0.3 is 9.73 Å². The van der Waals surface area contributed by atoms with Crippen LogP contribution < -0.4 is 5.32 Å². The molecule has 0 bridgehead atoms. The number of nitrogens with one attached hydrogen (secondary N) is 1. The summed E-state index contributed by atoms with van der Waals surface area (Å²) in [6, 6.07) is 34.7. The van der Waals surface area contributed by atoms with E-state index in [0.717, 1.165) is 39.2 Å². The molecule has 5 heteroatoms. The Kier molecular flexibility index (Phi) is 3.99. The summed E-state index contributed by atoms with van der Waals surface area (Å²) in [7, 11) is 0. The summed E-state index contributed by atoms with van der Waals surface area (Å²) < 4.78 is 11.1. The van der Waals surface area contributed by atoms with Crippen molar-refractivity contribution in [2.75, 3.05) is 5.32 Å². The zero-order valence-electron chi connectivity index (χ0n) is 22.8. The number of para-hydroxylation sites is 2. The van der Waals surface area contributed by atoms with Gasteiger partial charge >= 0.3 is 0 Å². The molecule has 0 saturated heterocycles. The number of anilines is 1. The second-order valence-corrected chi connectivity index (χ2v) is 12.7. The largest absolute Gasteiger partial charge is 0.456 e. The van der Waals surface area contributed by atoms with Crippen molar-refractivity contribution in [2.24, 2.45) is 4.99 Å². The molecule has 1 unspecified atom stereocenters. The molecule has 1 N–H and O–H groups in total. The first-order valence-electron chi connectivity index (χ1n) is 14.6. The summed E-state index contributed by atoms with van der Waals surface area (Å²) in [5, 5.41) is 12.7. The third-order valence-corrected chi connectivity index (χ3v) is 10.4. The van der Waals surface area contributed by atoms with Gasteiger partial charge in [-0.15, -0.1) is 11.3 Å². The third kappa shape index (κ3) is 2.78. The topological polar surface area (TPSA) is 41.9 Å². The lowest BCUT2D eigenvalue weighted by Gasteiger charge is -2.25. The standard InChI is InChI=1S/C38H21N3OS/c1-4-10-29-23(8-1)35-34-24-9-3-6-12-32(24)43-33(34)19-26-36-38(41(29)37(26)35)40-28-18-21(13-15-27(28)39-36)20-14-16-31-25(17-20)22-7-2-5-11-30(22)42-31/h1-19,28,40H. The minimum Gasteiger partial charge on any atom is -0.456 e.